The van der Waals surface area contributed by atoms with Gasteiger partial charge in [-0.2, -0.15) is 0 Å². The van der Waals surface area contributed by atoms with Crippen molar-refractivity contribution in [2.75, 3.05) is 0 Å². The number of hydrogen-bond donors (Lipinski definition) is 1. The lowest BCUT2D eigenvalue weighted by atomic mass is 9.90. The first-order chi connectivity index (χ1) is 11.6. The summed E-state index contributed by atoms with van der Waals surface area (Å²) in [6.45, 7) is 26.6. The SMILES string of the molecule is C=C([C@H]([C@H](O)CCCCC)[Si](C)(C)C)[Si](C)(C)B1OC(C)(C)C(C)(C)O1. The highest BCUT2D eigenvalue weighted by Crippen LogP contribution is 2.45. The highest BCUT2D eigenvalue weighted by atomic mass is 28.3. The van der Waals surface area contributed by atoms with Gasteiger partial charge in [-0.1, -0.05) is 64.1 Å². The molecule has 0 saturated carbocycles. The van der Waals surface area contributed by atoms with Gasteiger partial charge < -0.3 is 14.4 Å². The largest absolute Gasteiger partial charge is 0.438 e. The molecule has 6 heteroatoms. The average molecular weight is 399 g/mol. The predicted octanol–water partition coefficient (Wildman–Crippen LogP) is 5.61. The van der Waals surface area contributed by atoms with Gasteiger partial charge >= 0.3 is 6.71 Å². The van der Waals surface area contributed by atoms with Crippen molar-refractivity contribution >= 4 is 22.7 Å². The average Bonchev–Trinajstić information content (AvgIpc) is 2.66. The zero-order valence-electron chi connectivity index (χ0n) is 19.0. The van der Waals surface area contributed by atoms with E-state index in [1.54, 1.807) is 0 Å². The van der Waals surface area contributed by atoms with E-state index in [9.17, 15) is 5.11 Å². The van der Waals surface area contributed by atoms with Gasteiger partial charge in [0.2, 0.25) is 0 Å². The van der Waals surface area contributed by atoms with Gasteiger partial charge in [-0.3, -0.25) is 0 Å². The maximum atomic E-state index is 11.1. The summed E-state index contributed by atoms with van der Waals surface area (Å²) in [5, 5.41) is 12.3. The Balaban J connectivity index is 3.06. The molecule has 3 nitrogen and oxygen atoms in total. The van der Waals surface area contributed by atoms with Crippen LogP contribution in [0.15, 0.2) is 11.8 Å². The third kappa shape index (κ3) is 5.13. The van der Waals surface area contributed by atoms with Crippen molar-refractivity contribution in [3.05, 3.63) is 11.8 Å². The van der Waals surface area contributed by atoms with E-state index in [2.05, 4.69) is 73.9 Å². The van der Waals surface area contributed by atoms with Crippen LogP contribution in [0, 0.1) is 0 Å². The van der Waals surface area contributed by atoms with Gasteiger partial charge in [-0.15, -0.1) is 6.58 Å². The van der Waals surface area contributed by atoms with E-state index in [4.69, 9.17) is 9.31 Å². The predicted molar refractivity (Wildman–Crippen MR) is 120 cm³/mol. The maximum absolute atomic E-state index is 11.1. The fourth-order valence-electron chi connectivity index (χ4n) is 3.79. The Morgan fingerprint density at radius 2 is 1.46 bits per heavy atom. The lowest BCUT2D eigenvalue weighted by molar-refractivity contribution is 0.00578. The van der Waals surface area contributed by atoms with Crippen molar-refractivity contribution in [2.24, 2.45) is 0 Å². The summed E-state index contributed by atoms with van der Waals surface area (Å²) in [6, 6.07) is 0. The van der Waals surface area contributed by atoms with Crippen LogP contribution in [-0.2, 0) is 9.31 Å². The molecule has 1 heterocycles. The Morgan fingerprint density at radius 1 is 1.00 bits per heavy atom. The highest BCUT2D eigenvalue weighted by molar-refractivity contribution is 7.31. The van der Waals surface area contributed by atoms with E-state index < -0.39 is 16.0 Å². The van der Waals surface area contributed by atoms with Crippen molar-refractivity contribution in [2.45, 2.75) is 116 Å². The van der Waals surface area contributed by atoms with Crippen molar-refractivity contribution < 1.29 is 14.4 Å². The number of rotatable bonds is 9. The molecule has 26 heavy (non-hydrogen) atoms. The van der Waals surface area contributed by atoms with E-state index in [-0.39, 0.29) is 29.6 Å². The molecule has 1 rings (SSSR count). The van der Waals surface area contributed by atoms with E-state index in [0.29, 0.717) is 0 Å². The van der Waals surface area contributed by atoms with Crippen LogP contribution in [0.2, 0.25) is 38.3 Å². The summed E-state index contributed by atoms with van der Waals surface area (Å²) in [5.74, 6) is 0. The summed E-state index contributed by atoms with van der Waals surface area (Å²) in [4.78, 5) is 0. The maximum Gasteiger partial charge on any atom is 0.438 e. The smallest absolute Gasteiger partial charge is 0.406 e. The number of unbranched alkanes of at least 4 members (excludes halogenated alkanes) is 2. The molecule has 0 aliphatic carbocycles. The minimum absolute atomic E-state index is 0.194. The molecule has 0 bridgehead atoms. The zero-order chi connectivity index (χ0) is 20.6. The van der Waals surface area contributed by atoms with Crippen LogP contribution < -0.4 is 0 Å². The van der Waals surface area contributed by atoms with Gasteiger partial charge in [-0.05, 0) is 39.7 Å². The van der Waals surface area contributed by atoms with E-state index in [1.807, 2.05) is 0 Å². The molecule has 0 spiro atoms. The summed E-state index contributed by atoms with van der Waals surface area (Å²) >= 11 is 0. The molecule has 0 amide bonds. The molecule has 0 aromatic carbocycles. The van der Waals surface area contributed by atoms with Crippen LogP contribution in [-0.4, -0.2) is 45.1 Å². The third-order valence-electron chi connectivity index (χ3n) is 6.47. The number of hydrogen-bond acceptors (Lipinski definition) is 3. The first kappa shape index (κ1) is 24.2. The molecule has 0 aromatic heterocycles. The van der Waals surface area contributed by atoms with Crippen molar-refractivity contribution in [1.29, 1.82) is 0 Å². The molecule has 2 atom stereocenters. The monoisotopic (exact) mass is 398 g/mol. The number of aliphatic hydroxyl groups excluding tert-OH is 1. The van der Waals surface area contributed by atoms with E-state index >= 15 is 0 Å². The Hall–Kier alpha value is 0.119. The molecule has 1 fully saturated rings. The topological polar surface area (TPSA) is 38.7 Å². The molecular weight excluding hydrogens is 355 g/mol. The minimum atomic E-state index is -2.10. The van der Waals surface area contributed by atoms with Crippen molar-refractivity contribution in [3.8, 4) is 0 Å². The van der Waals surface area contributed by atoms with Crippen molar-refractivity contribution in [1.82, 2.24) is 0 Å². The molecule has 0 radical (unpaired) electrons. The zero-order valence-corrected chi connectivity index (χ0v) is 21.0. The Morgan fingerprint density at radius 3 is 1.85 bits per heavy atom. The number of aliphatic hydroxyl groups is 1. The molecule has 1 saturated heterocycles. The second-order valence-corrected chi connectivity index (χ2v) is 20.7. The molecular formula is C20H43BO3Si2. The lowest BCUT2D eigenvalue weighted by Crippen LogP contribution is -2.54. The summed E-state index contributed by atoms with van der Waals surface area (Å²) in [5.41, 5.74) is -0.451. The summed E-state index contributed by atoms with van der Waals surface area (Å²) in [7, 11) is -3.73. The van der Waals surface area contributed by atoms with Gasteiger partial charge in [0, 0.05) is 0 Å². The Bertz CT molecular complexity index is 482. The van der Waals surface area contributed by atoms with Gasteiger partial charge in [0.25, 0.3) is 0 Å². The van der Waals surface area contributed by atoms with Crippen molar-refractivity contribution in [3.63, 3.8) is 0 Å². The third-order valence-corrected chi connectivity index (χ3v) is 12.7. The molecule has 1 aliphatic heterocycles. The van der Waals surface area contributed by atoms with E-state index in [0.717, 1.165) is 12.8 Å². The minimum Gasteiger partial charge on any atom is -0.406 e. The van der Waals surface area contributed by atoms with Gasteiger partial charge in [0.1, 0.15) is 7.94 Å². The fraction of sp³-hybridized carbons (Fsp3) is 0.900. The van der Waals surface area contributed by atoms with Gasteiger partial charge in [0.15, 0.2) is 0 Å². The lowest BCUT2D eigenvalue weighted by Gasteiger charge is -2.41. The molecule has 1 aliphatic rings. The normalized spacial score (nSPS) is 22.3. The quantitative estimate of drug-likeness (QED) is 0.405. The molecule has 152 valence electrons. The van der Waals surface area contributed by atoms with Crippen LogP contribution in [0.1, 0.15) is 60.3 Å². The molecule has 0 aromatic rings. The van der Waals surface area contributed by atoms with Crippen LogP contribution >= 0.6 is 0 Å². The van der Waals surface area contributed by atoms with Gasteiger partial charge in [0.05, 0.1) is 25.4 Å². The van der Waals surface area contributed by atoms with Crippen LogP contribution in [0.5, 0.6) is 0 Å². The van der Waals surface area contributed by atoms with E-state index in [1.165, 1.54) is 18.0 Å². The summed E-state index contributed by atoms with van der Waals surface area (Å²) in [6.07, 6.45) is 4.02. The fourth-order valence-corrected chi connectivity index (χ4v) is 11.0. The first-order valence-electron chi connectivity index (χ1n) is 10.3. The van der Waals surface area contributed by atoms with Crippen LogP contribution in [0.4, 0.5) is 0 Å². The Labute approximate surface area is 165 Å². The first-order valence-corrected chi connectivity index (χ1v) is 17.0. The highest BCUT2D eigenvalue weighted by Gasteiger charge is 2.59. The van der Waals surface area contributed by atoms with Crippen LogP contribution in [0.25, 0.3) is 0 Å². The molecule has 0 unspecified atom stereocenters. The van der Waals surface area contributed by atoms with Crippen LogP contribution in [0.3, 0.4) is 0 Å². The van der Waals surface area contributed by atoms with Gasteiger partial charge in [-0.25, -0.2) is 0 Å². The summed E-state index contributed by atoms with van der Waals surface area (Å²) < 4.78 is 12.8. The Kier molecular flexibility index (Phi) is 7.65. The molecule has 1 N–H and O–H groups in total. The second kappa shape index (κ2) is 8.24. The second-order valence-electron chi connectivity index (χ2n) is 10.7. The standard InChI is InChI=1S/C20H43BO3Si2/c1-12-13-14-15-17(22)18(25(7,8)9)16(2)26(10,11)21-23-19(3,4)20(5,6)24-21/h17-18,22H,2,12-15H2,1,3-11H3/t17-,18-/m1/s1.